The second kappa shape index (κ2) is 11.2. The maximum absolute atomic E-state index is 14.6. The van der Waals surface area contributed by atoms with Gasteiger partial charge in [-0.05, 0) is 86.7 Å². The summed E-state index contributed by atoms with van der Waals surface area (Å²) in [6.07, 6.45) is 1.30. The Hall–Kier alpha value is -2.35. The Morgan fingerprint density at radius 1 is 1.05 bits per heavy atom. The van der Waals surface area contributed by atoms with Gasteiger partial charge in [0.2, 0.25) is 0 Å². The predicted molar refractivity (Wildman–Crippen MR) is 154 cm³/mol. The summed E-state index contributed by atoms with van der Waals surface area (Å²) < 4.78 is 5.98. The van der Waals surface area contributed by atoms with Gasteiger partial charge in [0.1, 0.15) is 9.91 Å². The maximum Gasteiger partial charge on any atom is 0.280 e. The molecule has 0 spiro atoms. The van der Waals surface area contributed by atoms with Crippen LogP contribution >= 0.6 is 35.0 Å². The van der Waals surface area contributed by atoms with Gasteiger partial charge >= 0.3 is 0 Å². The van der Waals surface area contributed by atoms with E-state index in [1.165, 1.54) is 7.11 Å². The molecule has 1 aliphatic rings. The standard InChI is InChI=1S/C29H31Cl2N3O2S/c1-19-11-13-22(30)17-24(19)26-33-34(29(37-26,15-8-16-32)21-9-6-5-7-10-21)27(35)28(3,36-4)25-18-23(31)14-12-20(25)2/h5-7,9-14,17-18H,8,15-16,32H2,1-4H3/t28-,29?/m0/s1. The summed E-state index contributed by atoms with van der Waals surface area (Å²) in [6.45, 7) is 6.21. The Morgan fingerprint density at radius 2 is 1.70 bits per heavy atom. The quantitative estimate of drug-likeness (QED) is 0.324. The Balaban J connectivity index is 1.94. The summed E-state index contributed by atoms with van der Waals surface area (Å²) >= 11 is 14.3. The molecule has 1 heterocycles. The molecule has 2 N–H and O–H groups in total. The molecule has 0 saturated carbocycles. The van der Waals surface area contributed by atoms with Gasteiger partial charge in [-0.2, -0.15) is 5.10 Å². The van der Waals surface area contributed by atoms with Crippen molar-refractivity contribution in [3.05, 3.63) is 105 Å². The third-order valence-electron chi connectivity index (χ3n) is 6.90. The molecule has 0 bridgehead atoms. The molecule has 3 aromatic carbocycles. The number of thioether (sulfide) groups is 1. The number of nitrogens with two attached hydrogens (primary N) is 1. The number of hydrogen-bond acceptors (Lipinski definition) is 5. The highest BCUT2D eigenvalue weighted by Crippen LogP contribution is 2.52. The Bertz CT molecular complexity index is 1330. The molecule has 0 aromatic heterocycles. The van der Waals surface area contributed by atoms with Crippen molar-refractivity contribution >= 4 is 45.9 Å². The lowest BCUT2D eigenvalue weighted by atomic mass is 9.89. The van der Waals surface area contributed by atoms with Crippen molar-refractivity contribution in [2.45, 2.75) is 44.1 Å². The highest BCUT2D eigenvalue weighted by Gasteiger charge is 2.53. The number of hydrogen-bond donors (Lipinski definition) is 1. The monoisotopic (exact) mass is 555 g/mol. The van der Waals surface area contributed by atoms with Gasteiger partial charge in [0.25, 0.3) is 5.91 Å². The lowest BCUT2D eigenvalue weighted by Crippen LogP contribution is -2.51. The molecule has 5 nitrogen and oxygen atoms in total. The van der Waals surface area contributed by atoms with Crippen LogP contribution in [0.3, 0.4) is 0 Å². The molecule has 1 aliphatic heterocycles. The van der Waals surface area contributed by atoms with Crippen molar-refractivity contribution in [3.8, 4) is 0 Å². The zero-order valence-corrected chi connectivity index (χ0v) is 23.8. The number of carbonyl (C=O) groups excluding carboxylic acids is 1. The summed E-state index contributed by atoms with van der Waals surface area (Å²) in [6, 6.07) is 21.2. The minimum absolute atomic E-state index is 0.288. The molecule has 37 heavy (non-hydrogen) atoms. The van der Waals surface area contributed by atoms with Gasteiger partial charge in [-0.3, -0.25) is 4.79 Å². The Kier molecular flexibility index (Phi) is 8.36. The highest BCUT2D eigenvalue weighted by atomic mass is 35.5. The van der Waals surface area contributed by atoms with E-state index in [0.717, 1.165) is 27.3 Å². The van der Waals surface area contributed by atoms with Gasteiger partial charge in [-0.25, -0.2) is 5.01 Å². The molecular weight excluding hydrogens is 525 g/mol. The van der Waals surface area contributed by atoms with Crippen LogP contribution in [0.2, 0.25) is 10.0 Å². The number of carbonyl (C=O) groups is 1. The summed E-state index contributed by atoms with van der Waals surface area (Å²) in [5, 5.41) is 8.44. The van der Waals surface area contributed by atoms with E-state index in [2.05, 4.69) is 0 Å². The molecular formula is C29H31Cl2N3O2S. The van der Waals surface area contributed by atoms with E-state index >= 15 is 0 Å². The van der Waals surface area contributed by atoms with Crippen LogP contribution in [0.4, 0.5) is 0 Å². The summed E-state index contributed by atoms with van der Waals surface area (Å²) in [5.74, 6) is -0.288. The van der Waals surface area contributed by atoms with Crippen molar-refractivity contribution in [2.24, 2.45) is 10.8 Å². The van der Waals surface area contributed by atoms with Crippen LogP contribution in [0.25, 0.3) is 0 Å². The lowest BCUT2D eigenvalue weighted by molar-refractivity contribution is -0.158. The largest absolute Gasteiger partial charge is 0.364 e. The molecule has 0 saturated heterocycles. The van der Waals surface area contributed by atoms with Crippen LogP contribution in [-0.2, 0) is 20.0 Å². The number of methoxy groups -OCH3 is 1. The van der Waals surface area contributed by atoms with E-state index in [-0.39, 0.29) is 5.91 Å². The third-order valence-corrected chi connectivity index (χ3v) is 8.81. The number of ether oxygens (including phenoxy) is 1. The third kappa shape index (κ3) is 5.18. The molecule has 1 amide bonds. The highest BCUT2D eigenvalue weighted by molar-refractivity contribution is 8.15. The Labute approximate surface area is 233 Å². The maximum atomic E-state index is 14.6. The van der Waals surface area contributed by atoms with Crippen LogP contribution in [0, 0.1) is 13.8 Å². The van der Waals surface area contributed by atoms with Crippen LogP contribution < -0.4 is 5.73 Å². The van der Waals surface area contributed by atoms with Crippen molar-refractivity contribution in [3.63, 3.8) is 0 Å². The zero-order valence-electron chi connectivity index (χ0n) is 21.4. The number of aryl methyl sites for hydroxylation is 2. The number of nitrogens with zero attached hydrogens (tertiary/aromatic N) is 2. The van der Waals surface area contributed by atoms with E-state index in [4.69, 9.17) is 38.8 Å². The second-order valence-corrected chi connectivity index (χ2v) is 11.5. The first-order valence-corrected chi connectivity index (χ1v) is 13.7. The Morgan fingerprint density at radius 3 is 2.35 bits per heavy atom. The van der Waals surface area contributed by atoms with E-state index in [9.17, 15) is 4.79 Å². The fourth-order valence-corrected chi connectivity index (χ4v) is 6.51. The smallest absolute Gasteiger partial charge is 0.280 e. The number of benzene rings is 3. The van der Waals surface area contributed by atoms with E-state index in [1.54, 1.807) is 35.8 Å². The lowest BCUT2D eigenvalue weighted by Gasteiger charge is -2.40. The fraction of sp³-hybridized carbons (Fsp3) is 0.310. The molecule has 8 heteroatoms. The number of hydrazone groups is 1. The average Bonchev–Trinajstić information content (AvgIpc) is 3.30. The molecule has 194 valence electrons. The molecule has 0 aliphatic carbocycles. The summed E-state index contributed by atoms with van der Waals surface area (Å²) in [4.78, 5) is 13.8. The predicted octanol–water partition coefficient (Wildman–Crippen LogP) is 7.00. The molecule has 4 rings (SSSR count). The van der Waals surface area contributed by atoms with Crippen LogP contribution in [0.15, 0.2) is 71.8 Å². The van der Waals surface area contributed by atoms with E-state index in [0.29, 0.717) is 35.0 Å². The molecule has 0 radical (unpaired) electrons. The summed E-state index contributed by atoms with van der Waals surface area (Å²) in [7, 11) is 1.54. The van der Waals surface area contributed by atoms with Gasteiger partial charge < -0.3 is 10.5 Å². The van der Waals surface area contributed by atoms with Gasteiger partial charge in [-0.15, -0.1) is 0 Å². The number of halogens is 2. The van der Waals surface area contributed by atoms with Crippen LogP contribution in [0.1, 0.15) is 47.6 Å². The topological polar surface area (TPSA) is 67.9 Å². The van der Waals surface area contributed by atoms with Crippen LogP contribution in [0.5, 0.6) is 0 Å². The van der Waals surface area contributed by atoms with Gasteiger partial charge in [0.05, 0.1) is 0 Å². The molecule has 3 aromatic rings. The minimum Gasteiger partial charge on any atom is -0.364 e. The number of rotatable bonds is 8. The van der Waals surface area contributed by atoms with Crippen LogP contribution in [-0.4, -0.2) is 29.6 Å². The normalized spacial score (nSPS) is 19.0. The molecule has 0 fully saturated rings. The fourth-order valence-electron chi connectivity index (χ4n) is 4.68. The second-order valence-electron chi connectivity index (χ2n) is 9.32. The van der Waals surface area contributed by atoms with Crippen molar-refractivity contribution in [1.29, 1.82) is 0 Å². The summed E-state index contributed by atoms with van der Waals surface area (Å²) in [5.41, 5.74) is 9.12. The first-order chi connectivity index (χ1) is 17.7. The van der Waals surface area contributed by atoms with Gasteiger partial charge in [0.15, 0.2) is 5.60 Å². The van der Waals surface area contributed by atoms with E-state index < -0.39 is 10.5 Å². The SMILES string of the molecule is CO[C@](C)(C(=O)N1N=C(c2cc(Cl)ccc2C)SC1(CCCN)c1ccccc1)c1cc(Cl)ccc1C. The number of amides is 1. The van der Waals surface area contributed by atoms with Crippen molar-refractivity contribution < 1.29 is 9.53 Å². The first-order valence-electron chi connectivity index (χ1n) is 12.1. The van der Waals surface area contributed by atoms with Gasteiger partial charge in [-0.1, -0.05) is 77.4 Å². The van der Waals surface area contributed by atoms with E-state index in [1.807, 2.05) is 68.4 Å². The minimum atomic E-state index is -1.33. The zero-order chi connectivity index (χ0) is 26.8. The molecule has 1 unspecified atom stereocenters. The van der Waals surface area contributed by atoms with Gasteiger partial charge in [0, 0.05) is 22.7 Å². The van der Waals surface area contributed by atoms with Crippen molar-refractivity contribution in [1.82, 2.24) is 5.01 Å². The van der Waals surface area contributed by atoms with Crippen molar-refractivity contribution in [2.75, 3.05) is 13.7 Å². The average molecular weight is 557 g/mol. The molecule has 2 atom stereocenters. The first kappa shape index (κ1) is 27.7.